The molecule has 0 aliphatic rings. The molecule has 0 saturated heterocycles. The minimum Gasteiger partial charge on any atom is -0.358 e. The second kappa shape index (κ2) is 4.10. The molecule has 0 fully saturated rings. The zero-order chi connectivity index (χ0) is 13.6. The van der Waals surface area contributed by atoms with Crippen LogP contribution in [0.4, 0.5) is 0 Å². The molecule has 0 unspecified atom stereocenters. The Labute approximate surface area is 107 Å². The zero-order valence-electron chi connectivity index (χ0n) is 10.8. The summed E-state index contributed by atoms with van der Waals surface area (Å²) < 4.78 is 24.4. The van der Waals surface area contributed by atoms with E-state index in [2.05, 4.69) is 4.98 Å². The van der Waals surface area contributed by atoms with Gasteiger partial charge < -0.3 is 10.7 Å². The highest BCUT2D eigenvalue weighted by molar-refractivity contribution is 7.93. The fourth-order valence-corrected chi connectivity index (χ4v) is 3.68. The monoisotopic (exact) mass is 266 g/mol. The normalized spacial score (nSPS) is 13.1. The van der Waals surface area contributed by atoms with Gasteiger partial charge in [-0.05, 0) is 26.8 Å². The summed E-state index contributed by atoms with van der Waals surface area (Å²) in [6, 6.07) is 7.40. The van der Waals surface area contributed by atoms with E-state index < -0.39 is 14.6 Å². The Morgan fingerprint density at radius 2 is 1.89 bits per heavy atom. The number of nitrogens with one attached hydrogen (secondary N) is 1. The van der Waals surface area contributed by atoms with E-state index in [0.29, 0.717) is 10.6 Å². The lowest BCUT2D eigenvalue weighted by Crippen LogP contribution is -2.39. The molecule has 0 amide bonds. The van der Waals surface area contributed by atoms with Crippen LogP contribution in [-0.4, -0.2) is 24.7 Å². The van der Waals surface area contributed by atoms with Gasteiger partial charge >= 0.3 is 0 Å². The van der Waals surface area contributed by atoms with Crippen molar-refractivity contribution in [2.24, 2.45) is 5.73 Å². The molecule has 18 heavy (non-hydrogen) atoms. The molecule has 1 aromatic carbocycles. The number of para-hydroxylation sites is 1. The third kappa shape index (κ3) is 1.74. The smallest absolute Gasteiger partial charge is 0.187 e. The first kappa shape index (κ1) is 13.1. The second-order valence-corrected chi connectivity index (χ2v) is 7.61. The van der Waals surface area contributed by atoms with Gasteiger partial charge in [-0.1, -0.05) is 18.2 Å². The highest BCUT2D eigenvalue weighted by atomic mass is 32.2. The maximum absolute atomic E-state index is 12.7. The third-order valence-electron chi connectivity index (χ3n) is 3.32. The quantitative estimate of drug-likeness (QED) is 0.892. The van der Waals surface area contributed by atoms with Crippen LogP contribution < -0.4 is 5.73 Å². The number of benzene rings is 1. The van der Waals surface area contributed by atoms with Crippen LogP contribution in [0.1, 0.15) is 19.5 Å². The van der Waals surface area contributed by atoms with Crippen molar-refractivity contribution in [3.8, 4) is 0 Å². The average Bonchev–Trinajstić information content (AvgIpc) is 2.64. The summed E-state index contributed by atoms with van der Waals surface area (Å²) in [6.07, 6.45) is 0. The Balaban J connectivity index is 2.80. The SMILES string of the molecule is Cc1[nH]c2ccccc2c1S(=O)(=O)C(C)(C)CN. The van der Waals surface area contributed by atoms with Crippen molar-refractivity contribution >= 4 is 20.7 Å². The van der Waals surface area contributed by atoms with Crippen LogP contribution in [-0.2, 0) is 9.84 Å². The Kier molecular flexibility index (Phi) is 2.99. The fourth-order valence-electron chi connectivity index (χ4n) is 1.98. The predicted molar refractivity (Wildman–Crippen MR) is 73.4 cm³/mol. The molecule has 1 aromatic heterocycles. The summed E-state index contributed by atoms with van der Waals surface area (Å²) in [5, 5.41) is 0.733. The van der Waals surface area contributed by atoms with E-state index in [-0.39, 0.29) is 6.54 Å². The van der Waals surface area contributed by atoms with Gasteiger partial charge in [0.25, 0.3) is 0 Å². The first-order valence-electron chi connectivity index (χ1n) is 5.83. The summed E-state index contributed by atoms with van der Waals surface area (Å²) in [5.74, 6) is 0. The van der Waals surface area contributed by atoms with Gasteiger partial charge in [0.1, 0.15) is 0 Å². The van der Waals surface area contributed by atoms with Crippen LogP contribution in [0.5, 0.6) is 0 Å². The third-order valence-corrected chi connectivity index (χ3v) is 6.01. The Morgan fingerprint density at radius 3 is 2.50 bits per heavy atom. The van der Waals surface area contributed by atoms with Crippen molar-refractivity contribution in [1.29, 1.82) is 0 Å². The van der Waals surface area contributed by atoms with E-state index >= 15 is 0 Å². The molecule has 98 valence electrons. The lowest BCUT2D eigenvalue weighted by molar-refractivity contribution is 0.549. The molecule has 0 radical (unpaired) electrons. The van der Waals surface area contributed by atoms with E-state index in [1.54, 1.807) is 20.8 Å². The van der Waals surface area contributed by atoms with Gasteiger partial charge in [0, 0.05) is 23.1 Å². The van der Waals surface area contributed by atoms with Crippen LogP contribution in [0, 0.1) is 6.92 Å². The van der Waals surface area contributed by atoms with E-state index in [1.165, 1.54) is 0 Å². The standard InChI is InChI=1S/C13H18N2O2S/c1-9-12(18(16,17)13(2,3)8-14)10-6-4-5-7-11(10)15-9/h4-7,15H,8,14H2,1-3H3. The first-order valence-corrected chi connectivity index (χ1v) is 7.31. The van der Waals surface area contributed by atoms with Gasteiger partial charge in [-0.25, -0.2) is 8.42 Å². The minimum absolute atomic E-state index is 0.0915. The lowest BCUT2D eigenvalue weighted by atomic mass is 10.2. The van der Waals surface area contributed by atoms with Crippen LogP contribution in [0.15, 0.2) is 29.2 Å². The highest BCUT2D eigenvalue weighted by Crippen LogP contribution is 2.33. The first-order chi connectivity index (χ1) is 8.31. The molecular weight excluding hydrogens is 248 g/mol. The van der Waals surface area contributed by atoms with E-state index in [9.17, 15) is 8.42 Å². The van der Waals surface area contributed by atoms with Crippen molar-refractivity contribution in [1.82, 2.24) is 4.98 Å². The van der Waals surface area contributed by atoms with Crippen LogP contribution in [0.25, 0.3) is 10.9 Å². The number of sulfone groups is 1. The van der Waals surface area contributed by atoms with Gasteiger partial charge in [0.15, 0.2) is 9.84 Å². The number of aromatic nitrogens is 1. The van der Waals surface area contributed by atoms with Crippen LogP contribution in [0.3, 0.4) is 0 Å². The van der Waals surface area contributed by atoms with Crippen molar-refractivity contribution in [2.45, 2.75) is 30.4 Å². The lowest BCUT2D eigenvalue weighted by Gasteiger charge is -2.22. The van der Waals surface area contributed by atoms with Gasteiger partial charge in [-0.3, -0.25) is 0 Å². The molecule has 0 atom stereocenters. The molecule has 0 aliphatic heterocycles. The van der Waals surface area contributed by atoms with E-state index in [1.807, 2.05) is 24.3 Å². The molecule has 5 heteroatoms. The summed E-state index contributed by atoms with van der Waals surface area (Å²) >= 11 is 0. The maximum atomic E-state index is 12.7. The predicted octanol–water partition coefficient (Wildman–Crippen LogP) is 1.99. The summed E-state index contributed by atoms with van der Waals surface area (Å²) in [6.45, 7) is 5.18. The number of aromatic amines is 1. The molecular formula is C13H18N2O2S. The summed E-state index contributed by atoms with van der Waals surface area (Å²) in [5.41, 5.74) is 7.10. The number of aryl methyl sites for hydroxylation is 1. The van der Waals surface area contributed by atoms with Gasteiger partial charge in [0.2, 0.25) is 0 Å². The topological polar surface area (TPSA) is 76.0 Å². The molecule has 4 nitrogen and oxygen atoms in total. The highest BCUT2D eigenvalue weighted by Gasteiger charge is 2.37. The molecule has 0 aliphatic carbocycles. The fraction of sp³-hybridized carbons (Fsp3) is 0.385. The van der Waals surface area contributed by atoms with Crippen LogP contribution in [0.2, 0.25) is 0 Å². The molecule has 0 saturated carbocycles. The number of nitrogens with two attached hydrogens (primary N) is 1. The number of H-pyrrole nitrogens is 1. The molecule has 0 spiro atoms. The summed E-state index contributed by atoms with van der Waals surface area (Å²) in [7, 11) is -3.46. The van der Waals surface area contributed by atoms with Crippen molar-refractivity contribution in [3.63, 3.8) is 0 Å². The molecule has 0 bridgehead atoms. The Hall–Kier alpha value is -1.33. The van der Waals surface area contributed by atoms with Gasteiger partial charge in [-0.15, -0.1) is 0 Å². The minimum atomic E-state index is -3.46. The van der Waals surface area contributed by atoms with Crippen LogP contribution >= 0.6 is 0 Å². The largest absolute Gasteiger partial charge is 0.358 e. The Bertz CT molecular complexity index is 684. The number of hydrogen-bond acceptors (Lipinski definition) is 3. The molecule has 3 N–H and O–H groups in total. The number of fused-ring (bicyclic) bond motifs is 1. The molecule has 2 aromatic rings. The van der Waals surface area contributed by atoms with Crippen molar-refractivity contribution in [3.05, 3.63) is 30.0 Å². The summed E-state index contributed by atoms with van der Waals surface area (Å²) in [4.78, 5) is 3.48. The average molecular weight is 266 g/mol. The maximum Gasteiger partial charge on any atom is 0.187 e. The van der Waals surface area contributed by atoms with E-state index in [0.717, 1.165) is 10.9 Å². The van der Waals surface area contributed by atoms with Gasteiger partial charge in [-0.2, -0.15) is 0 Å². The number of rotatable bonds is 3. The second-order valence-electron chi connectivity index (χ2n) is 5.09. The molecule has 2 rings (SSSR count). The molecule has 1 heterocycles. The van der Waals surface area contributed by atoms with Crippen molar-refractivity contribution in [2.75, 3.05) is 6.54 Å². The van der Waals surface area contributed by atoms with Gasteiger partial charge in [0.05, 0.1) is 9.64 Å². The Morgan fingerprint density at radius 1 is 1.28 bits per heavy atom. The van der Waals surface area contributed by atoms with Crippen molar-refractivity contribution < 1.29 is 8.42 Å². The number of hydrogen-bond donors (Lipinski definition) is 2. The zero-order valence-corrected chi connectivity index (χ0v) is 11.6. The van der Waals surface area contributed by atoms with E-state index in [4.69, 9.17) is 5.73 Å².